The molecule has 2 aliphatic rings. The Kier molecular flexibility index (Phi) is 7.55. The van der Waals surface area contributed by atoms with Crippen molar-refractivity contribution in [3.8, 4) is 0 Å². The Morgan fingerprint density at radius 3 is 2.25 bits per heavy atom. The quantitative estimate of drug-likeness (QED) is 0.601. The van der Waals surface area contributed by atoms with Gasteiger partial charge in [-0.1, -0.05) is 30.3 Å². The predicted molar refractivity (Wildman–Crippen MR) is 128 cm³/mol. The minimum atomic E-state index is -3.64. The minimum Gasteiger partial charge on any atom is -0.339 e. The third-order valence-corrected chi connectivity index (χ3v) is 8.95. The number of carbonyl (C=O) groups excluding carboxylic acids is 1. The van der Waals surface area contributed by atoms with Crippen LogP contribution in [0.15, 0.2) is 58.3 Å². The molecule has 172 valence electrons. The van der Waals surface area contributed by atoms with Gasteiger partial charge in [-0.25, -0.2) is 8.42 Å². The second-order valence-electron chi connectivity index (χ2n) is 8.38. The molecule has 0 atom stereocenters. The number of rotatable bonds is 6. The third-order valence-electron chi connectivity index (χ3n) is 6.26. The van der Waals surface area contributed by atoms with Crippen LogP contribution in [0.1, 0.15) is 35.2 Å². The molecule has 0 spiro atoms. The SMILES string of the molecule is CSc1ccc(S(=O)(=O)N2CCN(Cc3ccccc3)CC2)cc1C(=O)N1CCCCC1. The number of sulfonamides is 1. The molecular weight excluding hydrogens is 442 g/mol. The summed E-state index contributed by atoms with van der Waals surface area (Å²) in [7, 11) is -3.64. The van der Waals surface area contributed by atoms with Crippen molar-refractivity contribution in [3.63, 3.8) is 0 Å². The lowest BCUT2D eigenvalue weighted by Gasteiger charge is -2.34. The Labute approximate surface area is 195 Å². The first-order valence-corrected chi connectivity index (χ1v) is 13.9. The Hall–Kier alpha value is -1.87. The smallest absolute Gasteiger partial charge is 0.255 e. The molecular formula is C24H31N3O3S2. The molecule has 8 heteroatoms. The fourth-order valence-corrected chi connectivity index (χ4v) is 6.42. The number of carbonyl (C=O) groups is 1. The van der Waals surface area contributed by atoms with Crippen LogP contribution in [0.3, 0.4) is 0 Å². The monoisotopic (exact) mass is 473 g/mol. The van der Waals surface area contributed by atoms with Crippen LogP contribution in [0.2, 0.25) is 0 Å². The summed E-state index contributed by atoms with van der Waals surface area (Å²) in [6.07, 6.45) is 5.07. The highest BCUT2D eigenvalue weighted by Gasteiger charge is 2.30. The molecule has 6 nitrogen and oxygen atoms in total. The highest BCUT2D eigenvalue weighted by Crippen LogP contribution is 2.28. The van der Waals surface area contributed by atoms with Gasteiger partial charge in [0.15, 0.2) is 0 Å². The maximum Gasteiger partial charge on any atom is 0.255 e. The van der Waals surface area contributed by atoms with Crippen molar-refractivity contribution in [2.24, 2.45) is 0 Å². The summed E-state index contributed by atoms with van der Waals surface area (Å²) in [6.45, 7) is 4.60. The lowest BCUT2D eigenvalue weighted by Crippen LogP contribution is -2.48. The molecule has 2 fully saturated rings. The zero-order chi connectivity index (χ0) is 22.6. The highest BCUT2D eigenvalue weighted by atomic mass is 32.2. The number of amides is 1. The fourth-order valence-electron chi connectivity index (χ4n) is 4.40. The first-order valence-electron chi connectivity index (χ1n) is 11.2. The van der Waals surface area contributed by atoms with Crippen LogP contribution in [0.5, 0.6) is 0 Å². The maximum absolute atomic E-state index is 13.4. The lowest BCUT2D eigenvalue weighted by atomic mass is 10.1. The average Bonchev–Trinajstić information content (AvgIpc) is 2.84. The topological polar surface area (TPSA) is 60.9 Å². The molecule has 2 aromatic rings. The molecule has 1 amide bonds. The van der Waals surface area contributed by atoms with E-state index in [4.69, 9.17) is 0 Å². The minimum absolute atomic E-state index is 0.0567. The molecule has 0 radical (unpaired) electrons. The van der Waals surface area contributed by atoms with E-state index in [0.717, 1.165) is 43.8 Å². The van der Waals surface area contributed by atoms with E-state index in [9.17, 15) is 13.2 Å². The van der Waals surface area contributed by atoms with Crippen molar-refractivity contribution in [2.45, 2.75) is 35.6 Å². The Bertz CT molecular complexity index is 1030. The lowest BCUT2D eigenvalue weighted by molar-refractivity contribution is 0.0720. The summed E-state index contributed by atoms with van der Waals surface area (Å²) >= 11 is 1.48. The Morgan fingerprint density at radius 2 is 1.59 bits per heavy atom. The van der Waals surface area contributed by atoms with E-state index in [0.29, 0.717) is 31.7 Å². The van der Waals surface area contributed by atoms with E-state index in [1.165, 1.54) is 17.3 Å². The second kappa shape index (κ2) is 10.4. The van der Waals surface area contributed by atoms with Crippen molar-refractivity contribution in [1.82, 2.24) is 14.1 Å². The number of piperidine rings is 1. The first-order chi connectivity index (χ1) is 15.5. The third kappa shape index (κ3) is 5.20. The summed E-state index contributed by atoms with van der Waals surface area (Å²) < 4.78 is 28.3. The van der Waals surface area contributed by atoms with Gasteiger partial charge >= 0.3 is 0 Å². The van der Waals surface area contributed by atoms with Crippen LogP contribution >= 0.6 is 11.8 Å². The van der Waals surface area contributed by atoms with E-state index < -0.39 is 10.0 Å². The number of benzene rings is 2. The van der Waals surface area contributed by atoms with Gasteiger partial charge < -0.3 is 4.90 Å². The molecule has 4 rings (SSSR count). The zero-order valence-electron chi connectivity index (χ0n) is 18.6. The van der Waals surface area contributed by atoms with Gasteiger partial charge in [0.1, 0.15) is 0 Å². The summed E-state index contributed by atoms with van der Waals surface area (Å²) in [5, 5.41) is 0. The Morgan fingerprint density at radius 1 is 0.906 bits per heavy atom. The molecule has 0 unspecified atom stereocenters. The molecule has 2 heterocycles. The first kappa shape index (κ1) is 23.3. The van der Waals surface area contributed by atoms with Crippen molar-refractivity contribution in [2.75, 3.05) is 45.5 Å². The number of likely N-dealkylation sites (tertiary alicyclic amines) is 1. The fraction of sp³-hybridized carbons (Fsp3) is 0.458. The van der Waals surface area contributed by atoms with Crippen LogP contribution in [0, 0.1) is 0 Å². The van der Waals surface area contributed by atoms with E-state index in [2.05, 4.69) is 17.0 Å². The number of hydrogen-bond donors (Lipinski definition) is 0. The second-order valence-corrected chi connectivity index (χ2v) is 11.2. The van der Waals surface area contributed by atoms with Crippen molar-refractivity contribution >= 4 is 27.7 Å². The van der Waals surface area contributed by atoms with Gasteiger partial charge in [0, 0.05) is 50.7 Å². The summed E-state index contributed by atoms with van der Waals surface area (Å²) in [6, 6.07) is 15.3. The summed E-state index contributed by atoms with van der Waals surface area (Å²) in [4.78, 5) is 18.3. The largest absolute Gasteiger partial charge is 0.339 e. The van der Waals surface area contributed by atoms with Gasteiger partial charge in [-0.2, -0.15) is 4.31 Å². The number of piperazine rings is 1. The number of nitrogens with zero attached hydrogens (tertiary/aromatic N) is 3. The molecule has 0 aromatic heterocycles. The van der Waals surface area contributed by atoms with Gasteiger partial charge in [0.05, 0.1) is 10.5 Å². The van der Waals surface area contributed by atoms with Crippen molar-refractivity contribution in [1.29, 1.82) is 0 Å². The van der Waals surface area contributed by atoms with Gasteiger partial charge in [0.2, 0.25) is 10.0 Å². The zero-order valence-corrected chi connectivity index (χ0v) is 20.2. The van der Waals surface area contributed by atoms with Gasteiger partial charge in [-0.3, -0.25) is 9.69 Å². The molecule has 0 bridgehead atoms. The van der Waals surface area contributed by atoms with Crippen LogP contribution < -0.4 is 0 Å². The van der Waals surface area contributed by atoms with Crippen molar-refractivity contribution in [3.05, 3.63) is 59.7 Å². The number of thioether (sulfide) groups is 1. The van der Waals surface area contributed by atoms with E-state index in [1.807, 2.05) is 29.4 Å². The van der Waals surface area contributed by atoms with Gasteiger partial charge in [-0.05, 0) is 49.3 Å². The molecule has 0 aliphatic carbocycles. The van der Waals surface area contributed by atoms with Crippen LogP contribution in [-0.4, -0.2) is 74.0 Å². The van der Waals surface area contributed by atoms with Crippen molar-refractivity contribution < 1.29 is 13.2 Å². The molecule has 2 aromatic carbocycles. The molecule has 32 heavy (non-hydrogen) atoms. The standard InChI is InChI=1S/C24H31N3O3S2/c1-31-23-11-10-21(18-22(23)24(28)26-12-6-3-7-13-26)32(29,30)27-16-14-25(15-17-27)19-20-8-4-2-5-9-20/h2,4-5,8-11,18H,3,6-7,12-17,19H2,1H3. The normalized spacial score (nSPS) is 18.6. The molecule has 0 N–H and O–H groups in total. The van der Waals surface area contributed by atoms with Crippen LogP contribution in [0.4, 0.5) is 0 Å². The van der Waals surface area contributed by atoms with E-state index in [1.54, 1.807) is 22.5 Å². The predicted octanol–water partition coefficient (Wildman–Crippen LogP) is 3.54. The molecule has 0 saturated carbocycles. The van der Waals surface area contributed by atoms with Crippen LogP contribution in [-0.2, 0) is 16.6 Å². The molecule has 2 saturated heterocycles. The van der Waals surface area contributed by atoms with E-state index >= 15 is 0 Å². The van der Waals surface area contributed by atoms with Crippen LogP contribution in [0.25, 0.3) is 0 Å². The highest BCUT2D eigenvalue weighted by molar-refractivity contribution is 7.98. The average molecular weight is 474 g/mol. The number of hydrogen-bond acceptors (Lipinski definition) is 5. The van der Waals surface area contributed by atoms with Gasteiger partial charge in [0.25, 0.3) is 5.91 Å². The van der Waals surface area contributed by atoms with E-state index in [-0.39, 0.29) is 10.8 Å². The van der Waals surface area contributed by atoms with Gasteiger partial charge in [-0.15, -0.1) is 11.8 Å². The summed E-state index contributed by atoms with van der Waals surface area (Å²) in [5.74, 6) is -0.0567. The maximum atomic E-state index is 13.4. The Balaban J connectivity index is 1.48. The summed E-state index contributed by atoms with van der Waals surface area (Å²) in [5.41, 5.74) is 1.74. The molecule has 2 aliphatic heterocycles.